The number of pyridine rings is 2. The van der Waals surface area contributed by atoms with Gasteiger partial charge in [-0.05, 0) is 79.5 Å². The molecule has 2 aromatic heterocycles. The van der Waals surface area contributed by atoms with Crippen LogP contribution in [0.3, 0.4) is 0 Å². The number of rotatable bonds is 7. The van der Waals surface area contributed by atoms with Gasteiger partial charge < -0.3 is 16.1 Å². The zero-order valence-electron chi connectivity index (χ0n) is 22.1. The van der Waals surface area contributed by atoms with Crippen LogP contribution in [0.15, 0.2) is 55.0 Å². The summed E-state index contributed by atoms with van der Waals surface area (Å²) in [5.74, 6) is 1.52. The SMILES string of the molecule is Cc1ccc(C(=O)Nc2cc(C(C)(C)C)cnc2C)cc1N1C=C(c2ccc(NCC3CC3)nc2)NN1. The summed E-state index contributed by atoms with van der Waals surface area (Å²) in [6.45, 7) is 11.3. The van der Waals surface area contributed by atoms with Gasteiger partial charge in [0, 0.05) is 36.3 Å². The average Bonchev–Trinajstić information content (AvgIpc) is 3.58. The smallest absolute Gasteiger partial charge is 0.255 e. The number of nitrogens with one attached hydrogen (secondary N) is 4. The maximum Gasteiger partial charge on any atom is 0.255 e. The summed E-state index contributed by atoms with van der Waals surface area (Å²) >= 11 is 0. The van der Waals surface area contributed by atoms with Crippen LogP contribution in [0.1, 0.15) is 66.4 Å². The number of hydrazine groups is 2. The topological polar surface area (TPSA) is 94.2 Å². The van der Waals surface area contributed by atoms with Gasteiger partial charge in [0.25, 0.3) is 5.91 Å². The lowest BCUT2D eigenvalue weighted by Crippen LogP contribution is -2.36. The first-order valence-corrected chi connectivity index (χ1v) is 12.8. The Morgan fingerprint density at radius 2 is 1.89 bits per heavy atom. The number of nitrogens with zero attached hydrogens (tertiary/aromatic N) is 3. The van der Waals surface area contributed by atoms with Gasteiger partial charge in [0.05, 0.1) is 22.8 Å². The third kappa shape index (κ3) is 5.75. The van der Waals surface area contributed by atoms with Crippen molar-refractivity contribution in [2.24, 2.45) is 5.92 Å². The highest BCUT2D eigenvalue weighted by Crippen LogP contribution is 2.30. The number of aryl methyl sites for hydroxylation is 2. The molecule has 1 aromatic carbocycles. The summed E-state index contributed by atoms with van der Waals surface area (Å²) in [4.78, 5) is 22.2. The van der Waals surface area contributed by atoms with E-state index in [0.717, 1.165) is 57.7 Å². The quantitative estimate of drug-likeness (QED) is 0.352. The van der Waals surface area contributed by atoms with Crippen molar-refractivity contribution >= 4 is 28.8 Å². The zero-order chi connectivity index (χ0) is 26.2. The molecule has 0 bridgehead atoms. The van der Waals surface area contributed by atoms with Gasteiger partial charge in [-0.25, -0.2) is 4.98 Å². The molecule has 3 aromatic rings. The Kier molecular flexibility index (Phi) is 6.60. The summed E-state index contributed by atoms with van der Waals surface area (Å²) in [5, 5.41) is 8.33. The molecule has 1 fully saturated rings. The highest BCUT2D eigenvalue weighted by molar-refractivity contribution is 6.05. The highest BCUT2D eigenvalue weighted by Gasteiger charge is 2.22. The molecular weight excluding hydrogens is 462 g/mol. The number of amides is 1. The normalized spacial score (nSPS) is 15.3. The number of hydrogen-bond donors (Lipinski definition) is 4. The van der Waals surface area contributed by atoms with Gasteiger partial charge in [0.2, 0.25) is 0 Å². The fraction of sp³-hybridized carbons (Fsp3) is 0.345. The first-order valence-electron chi connectivity index (χ1n) is 12.8. The van der Waals surface area contributed by atoms with Gasteiger partial charge in [0.1, 0.15) is 5.82 Å². The van der Waals surface area contributed by atoms with E-state index in [0.29, 0.717) is 5.56 Å². The maximum atomic E-state index is 13.2. The predicted octanol–water partition coefficient (Wildman–Crippen LogP) is 5.29. The van der Waals surface area contributed by atoms with Gasteiger partial charge in [0.15, 0.2) is 0 Å². The van der Waals surface area contributed by atoms with E-state index in [9.17, 15) is 4.79 Å². The summed E-state index contributed by atoms with van der Waals surface area (Å²) < 4.78 is 0. The predicted molar refractivity (Wildman–Crippen MR) is 149 cm³/mol. The summed E-state index contributed by atoms with van der Waals surface area (Å²) in [7, 11) is 0. The van der Waals surface area contributed by atoms with Crippen LogP contribution in [-0.4, -0.2) is 22.4 Å². The lowest BCUT2D eigenvalue weighted by Gasteiger charge is -2.21. The molecule has 192 valence electrons. The molecule has 5 rings (SSSR count). The number of carbonyl (C=O) groups is 1. The van der Waals surface area contributed by atoms with Crippen LogP contribution in [0.4, 0.5) is 17.2 Å². The molecule has 1 amide bonds. The number of aromatic nitrogens is 2. The summed E-state index contributed by atoms with van der Waals surface area (Å²) in [6.07, 6.45) is 8.33. The van der Waals surface area contributed by atoms with Crippen LogP contribution in [-0.2, 0) is 5.41 Å². The Morgan fingerprint density at radius 1 is 1.08 bits per heavy atom. The Bertz CT molecular complexity index is 1340. The Hall–Kier alpha value is -3.91. The van der Waals surface area contributed by atoms with Crippen molar-refractivity contribution < 1.29 is 4.79 Å². The Labute approximate surface area is 218 Å². The molecule has 1 aliphatic heterocycles. The third-order valence-corrected chi connectivity index (χ3v) is 6.84. The fourth-order valence-corrected chi connectivity index (χ4v) is 4.09. The van der Waals surface area contributed by atoms with Crippen LogP contribution in [0.5, 0.6) is 0 Å². The van der Waals surface area contributed by atoms with Crippen LogP contribution >= 0.6 is 0 Å². The maximum absolute atomic E-state index is 13.2. The molecule has 2 aliphatic rings. The fourth-order valence-electron chi connectivity index (χ4n) is 4.09. The molecule has 1 aliphatic carbocycles. The molecule has 8 nitrogen and oxygen atoms in total. The summed E-state index contributed by atoms with van der Waals surface area (Å²) in [6, 6.07) is 11.7. The van der Waals surface area contributed by atoms with E-state index in [2.05, 4.69) is 52.3 Å². The average molecular weight is 498 g/mol. The third-order valence-electron chi connectivity index (χ3n) is 6.84. The second-order valence-corrected chi connectivity index (χ2v) is 11.0. The van der Waals surface area contributed by atoms with Crippen LogP contribution in [0.25, 0.3) is 5.70 Å². The molecule has 0 unspecified atom stereocenters. The molecule has 0 atom stereocenters. The second-order valence-electron chi connectivity index (χ2n) is 11.0. The van der Waals surface area contributed by atoms with E-state index in [1.807, 2.05) is 73.8 Å². The van der Waals surface area contributed by atoms with Gasteiger partial charge in [-0.2, -0.15) is 0 Å². The number of anilines is 3. The number of carbonyl (C=O) groups excluding carboxylic acids is 1. The van der Waals surface area contributed by atoms with E-state index in [1.165, 1.54) is 12.8 Å². The van der Waals surface area contributed by atoms with Crippen LogP contribution < -0.4 is 26.6 Å². The van der Waals surface area contributed by atoms with Crippen molar-refractivity contribution in [3.8, 4) is 0 Å². The van der Waals surface area contributed by atoms with Crippen molar-refractivity contribution in [3.05, 3.63) is 82.9 Å². The van der Waals surface area contributed by atoms with Crippen molar-refractivity contribution in [2.75, 3.05) is 22.2 Å². The van der Waals surface area contributed by atoms with E-state index >= 15 is 0 Å². The van der Waals surface area contributed by atoms with E-state index in [-0.39, 0.29) is 11.3 Å². The Morgan fingerprint density at radius 3 is 2.59 bits per heavy atom. The molecular formula is C29H35N7O. The summed E-state index contributed by atoms with van der Waals surface area (Å²) in [5.41, 5.74) is 13.3. The largest absolute Gasteiger partial charge is 0.370 e. The van der Waals surface area contributed by atoms with Gasteiger partial charge in [-0.1, -0.05) is 26.8 Å². The molecule has 3 heterocycles. The first-order chi connectivity index (χ1) is 17.7. The highest BCUT2D eigenvalue weighted by atomic mass is 16.1. The van der Waals surface area contributed by atoms with Crippen molar-refractivity contribution in [2.45, 2.75) is 52.9 Å². The first kappa shape index (κ1) is 24.8. The minimum Gasteiger partial charge on any atom is -0.370 e. The zero-order valence-corrected chi connectivity index (χ0v) is 22.1. The minimum absolute atomic E-state index is 0.0569. The van der Waals surface area contributed by atoms with E-state index in [4.69, 9.17) is 0 Å². The number of benzene rings is 1. The second kappa shape index (κ2) is 9.86. The van der Waals surface area contributed by atoms with Gasteiger partial charge in [-0.3, -0.25) is 14.8 Å². The Balaban J connectivity index is 1.31. The van der Waals surface area contributed by atoms with Crippen molar-refractivity contribution in [1.29, 1.82) is 0 Å². The molecule has 0 spiro atoms. The van der Waals surface area contributed by atoms with Gasteiger partial charge in [-0.15, -0.1) is 5.53 Å². The molecule has 8 heteroatoms. The monoisotopic (exact) mass is 497 g/mol. The molecule has 4 N–H and O–H groups in total. The van der Waals surface area contributed by atoms with E-state index in [1.54, 1.807) is 0 Å². The molecule has 0 radical (unpaired) electrons. The molecule has 0 saturated heterocycles. The van der Waals surface area contributed by atoms with Gasteiger partial charge >= 0.3 is 0 Å². The lowest BCUT2D eigenvalue weighted by atomic mass is 9.88. The van der Waals surface area contributed by atoms with Crippen LogP contribution in [0.2, 0.25) is 0 Å². The minimum atomic E-state index is -0.174. The molecule has 1 saturated carbocycles. The van der Waals surface area contributed by atoms with Crippen LogP contribution in [0, 0.1) is 19.8 Å². The van der Waals surface area contributed by atoms with Crippen molar-refractivity contribution in [1.82, 2.24) is 20.9 Å². The standard InChI is InChI=1S/C29H35N7O/c1-18-6-9-21(28(37)33-24-13-23(29(3,4)5)16-30-19(24)2)12-26(18)36-17-25(34-35-36)22-10-11-27(32-15-22)31-14-20-7-8-20/h6,9-13,15-17,20,34-35H,7-8,14H2,1-5H3,(H,31,32)(H,33,37). The lowest BCUT2D eigenvalue weighted by molar-refractivity contribution is 0.102. The number of hydrogen-bond acceptors (Lipinski definition) is 7. The van der Waals surface area contributed by atoms with Crippen molar-refractivity contribution in [3.63, 3.8) is 0 Å². The van der Waals surface area contributed by atoms with E-state index < -0.39 is 0 Å². The molecule has 37 heavy (non-hydrogen) atoms.